The van der Waals surface area contributed by atoms with Crippen molar-refractivity contribution in [1.82, 2.24) is 10.1 Å². The van der Waals surface area contributed by atoms with E-state index in [4.69, 9.17) is 20.9 Å². The van der Waals surface area contributed by atoms with E-state index < -0.39 is 10.9 Å². The van der Waals surface area contributed by atoms with E-state index in [1.165, 1.54) is 18.2 Å². The maximum absolute atomic E-state index is 12.1. The van der Waals surface area contributed by atoms with Crippen LogP contribution in [-0.4, -0.2) is 21.0 Å². The molecule has 0 saturated heterocycles. The van der Waals surface area contributed by atoms with Gasteiger partial charge < -0.3 is 9.26 Å². The molecule has 0 aliphatic rings. The maximum atomic E-state index is 12.1. The Bertz CT molecular complexity index is 986. The SMILES string of the molecule is Cc1cc(C(=O)OCc2nc(-c3cccc(Cl)c3)no2)ccc1[N+](=O)[O-]. The van der Waals surface area contributed by atoms with E-state index >= 15 is 0 Å². The Hall–Kier alpha value is -3.26. The molecule has 0 N–H and O–H groups in total. The number of esters is 1. The fraction of sp³-hybridized carbons (Fsp3) is 0.118. The Balaban J connectivity index is 1.67. The number of rotatable bonds is 5. The summed E-state index contributed by atoms with van der Waals surface area (Å²) in [5.74, 6) is -0.206. The molecule has 0 saturated carbocycles. The summed E-state index contributed by atoms with van der Waals surface area (Å²) >= 11 is 5.92. The summed E-state index contributed by atoms with van der Waals surface area (Å²) in [6.07, 6.45) is 0. The minimum Gasteiger partial charge on any atom is -0.452 e. The van der Waals surface area contributed by atoms with Crippen molar-refractivity contribution in [3.05, 3.63) is 74.6 Å². The van der Waals surface area contributed by atoms with Crippen LogP contribution in [0.5, 0.6) is 0 Å². The van der Waals surface area contributed by atoms with Crippen molar-refractivity contribution in [2.24, 2.45) is 0 Å². The Morgan fingerprint density at radius 3 is 2.81 bits per heavy atom. The number of carbonyl (C=O) groups is 1. The summed E-state index contributed by atoms with van der Waals surface area (Å²) in [4.78, 5) is 26.5. The largest absolute Gasteiger partial charge is 0.452 e. The molecule has 0 unspecified atom stereocenters. The molecule has 9 heteroatoms. The first-order valence-corrected chi connectivity index (χ1v) is 7.82. The minimum atomic E-state index is -0.648. The first-order valence-electron chi connectivity index (χ1n) is 7.45. The maximum Gasteiger partial charge on any atom is 0.338 e. The van der Waals surface area contributed by atoms with E-state index in [-0.39, 0.29) is 23.7 Å². The zero-order chi connectivity index (χ0) is 18.7. The number of aryl methyl sites for hydroxylation is 1. The van der Waals surface area contributed by atoms with E-state index in [1.54, 1.807) is 31.2 Å². The number of carbonyl (C=O) groups excluding carboxylic acids is 1. The van der Waals surface area contributed by atoms with Crippen LogP contribution in [0.2, 0.25) is 5.02 Å². The fourth-order valence-electron chi connectivity index (χ4n) is 2.26. The number of nitrogens with zero attached hydrogens (tertiary/aromatic N) is 3. The van der Waals surface area contributed by atoms with Crippen molar-refractivity contribution in [1.29, 1.82) is 0 Å². The van der Waals surface area contributed by atoms with Gasteiger partial charge in [0.15, 0.2) is 6.61 Å². The number of benzene rings is 2. The van der Waals surface area contributed by atoms with E-state index in [0.717, 1.165) is 0 Å². The van der Waals surface area contributed by atoms with Crippen molar-refractivity contribution in [3.8, 4) is 11.4 Å². The average Bonchev–Trinajstić information content (AvgIpc) is 3.08. The molecule has 3 aromatic rings. The van der Waals surface area contributed by atoms with E-state index in [1.807, 2.05) is 0 Å². The molecule has 1 heterocycles. The molecular formula is C17H12ClN3O5. The summed E-state index contributed by atoms with van der Waals surface area (Å²) < 4.78 is 10.2. The van der Waals surface area contributed by atoms with Crippen LogP contribution >= 0.6 is 11.6 Å². The lowest BCUT2D eigenvalue weighted by molar-refractivity contribution is -0.385. The van der Waals surface area contributed by atoms with Crippen LogP contribution in [-0.2, 0) is 11.3 Å². The van der Waals surface area contributed by atoms with Gasteiger partial charge in [0.1, 0.15) is 0 Å². The lowest BCUT2D eigenvalue weighted by Gasteiger charge is -2.03. The summed E-state index contributed by atoms with van der Waals surface area (Å²) in [5.41, 5.74) is 1.17. The molecule has 0 bridgehead atoms. The highest BCUT2D eigenvalue weighted by molar-refractivity contribution is 6.30. The lowest BCUT2D eigenvalue weighted by atomic mass is 10.1. The van der Waals surface area contributed by atoms with Gasteiger partial charge in [0.05, 0.1) is 10.5 Å². The van der Waals surface area contributed by atoms with Crippen molar-refractivity contribution in [3.63, 3.8) is 0 Å². The highest BCUT2D eigenvalue weighted by Crippen LogP contribution is 2.21. The second kappa shape index (κ2) is 7.32. The van der Waals surface area contributed by atoms with Gasteiger partial charge >= 0.3 is 5.97 Å². The van der Waals surface area contributed by atoms with Crippen molar-refractivity contribution < 1.29 is 19.0 Å². The van der Waals surface area contributed by atoms with Crippen LogP contribution in [0.4, 0.5) is 5.69 Å². The van der Waals surface area contributed by atoms with Crippen LogP contribution in [0, 0.1) is 17.0 Å². The van der Waals surface area contributed by atoms with Gasteiger partial charge in [-0.2, -0.15) is 4.98 Å². The van der Waals surface area contributed by atoms with Crippen LogP contribution in [0.25, 0.3) is 11.4 Å². The van der Waals surface area contributed by atoms with Gasteiger partial charge in [-0.25, -0.2) is 4.79 Å². The number of aromatic nitrogens is 2. The molecule has 0 radical (unpaired) electrons. The number of hydrogen-bond donors (Lipinski definition) is 0. The van der Waals surface area contributed by atoms with Gasteiger partial charge in [0.25, 0.3) is 11.6 Å². The third kappa shape index (κ3) is 3.86. The number of ether oxygens (including phenoxy) is 1. The Kier molecular flexibility index (Phi) is 4.94. The minimum absolute atomic E-state index is 0.0652. The van der Waals surface area contributed by atoms with Gasteiger partial charge in [-0.15, -0.1) is 0 Å². The van der Waals surface area contributed by atoms with Crippen molar-refractivity contribution in [2.75, 3.05) is 0 Å². The van der Waals surface area contributed by atoms with E-state index in [0.29, 0.717) is 22.0 Å². The average molecular weight is 374 g/mol. The highest BCUT2D eigenvalue weighted by Gasteiger charge is 2.16. The number of hydrogen-bond acceptors (Lipinski definition) is 7. The zero-order valence-electron chi connectivity index (χ0n) is 13.5. The third-order valence-corrected chi connectivity index (χ3v) is 3.74. The molecule has 2 aromatic carbocycles. The fourth-order valence-corrected chi connectivity index (χ4v) is 2.45. The molecule has 0 atom stereocenters. The molecule has 0 aliphatic carbocycles. The number of nitro groups is 1. The van der Waals surface area contributed by atoms with Gasteiger partial charge in [0, 0.05) is 22.2 Å². The third-order valence-electron chi connectivity index (χ3n) is 3.51. The molecule has 0 spiro atoms. The van der Waals surface area contributed by atoms with Crippen LogP contribution < -0.4 is 0 Å². The van der Waals surface area contributed by atoms with Crippen LogP contribution in [0.15, 0.2) is 47.0 Å². The summed E-state index contributed by atoms with van der Waals surface area (Å²) in [5, 5.41) is 15.2. The topological polar surface area (TPSA) is 108 Å². The Labute approximate surface area is 152 Å². The molecular weight excluding hydrogens is 362 g/mol. The first-order chi connectivity index (χ1) is 12.4. The Morgan fingerprint density at radius 2 is 2.12 bits per heavy atom. The molecule has 0 aliphatic heterocycles. The Morgan fingerprint density at radius 1 is 1.31 bits per heavy atom. The highest BCUT2D eigenvalue weighted by atomic mass is 35.5. The van der Waals surface area contributed by atoms with Crippen molar-refractivity contribution >= 4 is 23.3 Å². The number of nitro benzene ring substituents is 1. The second-order valence-electron chi connectivity index (χ2n) is 5.36. The molecule has 132 valence electrons. The summed E-state index contributed by atoms with van der Waals surface area (Å²) in [7, 11) is 0. The quantitative estimate of drug-likeness (QED) is 0.378. The smallest absolute Gasteiger partial charge is 0.338 e. The van der Waals surface area contributed by atoms with Crippen LogP contribution in [0.3, 0.4) is 0 Å². The monoisotopic (exact) mass is 373 g/mol. The first kappa shape index (κ1) is 17.6. The zero-order valence-corrected chi connectivity index (χ0v) is 14.3. The van der Waals surface area contributed by atoms with Crippen LogP contribution in [0.1, 0.15) is 21.8 Å². The van der Waals surface area contributed by atoms with Gasteiger partial charge in [-0.1, -0.05) is 28.9 Å². The summed E-state index contributed by atoms with van der Waals surface area (Å²) in [6.45, 7) is 1.33. The molecule has 0 fully saturated rings. The number of halogens is 1. The standard InChI is InChI=1S/C17H12ClN3O5/c1-10-7-12(5-6-14(10)21(23)24)17(22)25-9-15-19-16(20-26-15)11-3-2-4-13(18)8-11/h2-8H,9H2,1H3. The van der Waals surface area contributed by atoms with Crippen molar-refractivity contribution in [2.45, 2.75) is 13.5 Å². The van der Waals surface area contributed by atoms with E-state index in [9.17, 15) is 14.9 Å². The van der Waals surface area contributed by atoms with Gasteiger partial charge in [-0.05, 0) is 31.2 Å². The predicted molar refractivity (Wildman–Crippen MR) is 91.7 cm³/mol. The molecule has 0 amide bonds. The molecule has 3 rings (SSSR count). The van der Waals surface area contributed by atoms with Gasteiger partial charge in [-0.3, -0.25) is 10.1 Å². The molecule has 26 heavy (non-hydrogen) atoms. The molecule has 8 nitrogen and oxygen atoms in total. The van der Waals surface area contributed by atoms with Gasteiger partial charge in [0.2, 0.25) is 5.82 Å². The molecule has 1 aromatic heterocycles. The predicted octanol–water partition coefficient (Wildman–Crippen LogP) is 3.96. The normalized spacial score (nSPS) is 10.5. The lowest BCUT2D eigenvalue weighted by Crippen LogP contribution is -2.06. The van der Waals surface area contributed by atoms with E-state index in [2.05, 4.69) is 10.1 Å². The second-order valence-corrected chi connectivity index (χ2v) is 5.79. The summed E-state index contributed by atoms with van der Waals surface area (Å²) in [6, 6.07) is 10.9.